The van der Waals surface area contributed by atoms with Gasteiger partial charge in [-0.1, -0.05) is 6.92 Å². The van der Waals surface area contributed by atoms with E-state index in [4.69, 9.17) is 9.73 Å². The maximum atomic E-state index is 5.40. The van der Waals surface area contributed by atoms with Gasteiger partial charge in [0.25, 0.3) is 0 Å². The van der Waals surface area contributed by atoms with Crippen LogP contribution in [0, 0.1) is 0 Å². The van der Waals surface area contributed by atoms with Crippen molar-refractivity contribution in [3.63, 3.8) is 0 Å². The van der Waals surface area contributed by atoms with Crippen molar-refractivity contribution >= 4 is 5.96 Å². The maximum Gasteiger partial charge on any atom is 0.191 e. The molecule has 2 aliphatic heterocycles. The number of morpholine rings is 1. The summed E-state index contributed by atoms with van der Waals surface area (Å²) in [6, 6.07) is 0.498. The van der Waals surface area contributed by atoms with Crippen LogP contribution in [-0.4, -0.2) is 112 Å². The molecular formula is C19H40N6O. The van der Waals surface area contributed by atoms with E-state index in [1.807, 2.05) is 0 Å². The van der Waals surface area contributed by atoms with Crippen LogP contribution in [0.3, 0.4) is 0 Å². The van der Waals surface area contributed by atoms with Crippen molar-refractivity contribution in [2.75, 3.05) is 85.2 Å². The number of rotatable bonds is 9. The number of likely N-dealkylation sites (N-methyl/N-ethyl adjacent to an activating group) is 1. The van der Waals surface area contributed by atoms with Crippen molar-refractivity contribution in [3.8, 4) is 0 Å². The minimum absolute atomic E-state index is 0.498. The van der Waals surface area contributed by atoms with Gasteiger partial charge in [0.05, 0.1) is 19.8 Å². The lowest BCUT2D eigenvalue weighted by molar-refractivity contribution is 0.0376. The van der Waals surface area contributed by atoms with E-state index >= 15 is 0 Å². The highest BCUT2D eigenvalue weighted by Crippen LogP contribution is 2.06. The van der Waals surface area contributed by atoms with Crippen LogP contribution in [0.5, 0.6) is 0 Å². The quantitative estimate of drug-likeness (QED) is 0.347. The number of piperazine rings is 1. The Labute approximate surface area is 160 Å². The van der Waals surface area contributed by atoms with Crippen LogP contribution in [0.1, 0.15) is 27.2 Å². The Morgan fingerprint density at radius 1 is 1.00 bits per heavy atom. The van der Waals surface area contributed by atoms with Crippen LogP contribution in [0.2, 0.25) is 0 Å². The summed E-state index contributed by atoms with van der Waals surface area (Å²) in [6.07, 6.45) is 1.14. The van der Waals surface area contributed by atoms with Crippen molar-refractivity contribution < 1.29 is 4.74 Å². The average molecular weight is 369 g/mol. The van der Waals surface area contributed by atoms with Gasteiger partial charge in [-0.3, -0.25) is 14.8 Å². The van der Waals surface area contributed by atoms with Crippen LogP contribution in [0.15, 0.2) is 4.99 Å². The SMILES string of the molecule is CCNC(=NCC(C)N1CCN(CC)CC1)NCCCN1CCOCC1. The summed E-state index contributed by atoms with van der Waals surface area (Å²) in [5, 5.41) is 6.86. The molecule has 1 atom stereocenters. The highest BCUT2D eigenvalue weighted by atomic mass is 16.5. The lowest BCUT2D eigenvalue weighted by Gasteiger charge is -2.37. The molecule has 0 saturated carbocycles. The first-order chi connectivity index (χ1) is 12.7. The van der Waals surface area contributed by atoms with Gasteiger partial charge in [-0.15, -0.1) is 0 Å². The third-order valence-electron chi connectivity index (χ3n) is 5.38. The molecule has 7 heteroatoms. The van der Waals surface area contributed by atoms with E-state index in [1.54, 1.807) is 0 Å². The first-order valence-electron chi connectivity index (χ1n) is 10.5. The Morgan fingerprint density at radius 2 is 1.73 bits per heavy atom. The van der Waals surface area contributed by atoms with E-state index in [0.29, 0.717) is 6.04 Å². The van der Waals surface area contributed by atoms with Crippen molar-refractivity contribution in [1.29, 1.82) is 0 Å². The van der Waals surface area contributed by atoms with Gasteiger partial charge in [-0.25, -0.2) is 0 Å². The molecule has 1 unspecified atom stereocenters. The third-order valence-corrected chi connectivity index (χ3v) is 5.38. The first-order valence-corrected chi connectivity index (χ1v) is 10.5. The topological polar surface area (TPSA) is 55.4 Å². The molecule has 0 bridgehead atoms. The largest absolute Gasteiger partial charge is 0.379 e. The summed E-state index contributed by atoms with van der Waals surface area (Å²) < 4.78 is 5.40. The lowest BCUT2D eigenvalue weighted by Crippen LogP contribution is -2.50. The molecule has 2 fully saturated rings. The van der Waals surface area contributed by atoms with Crippen molar-refractivity contribution in [2.24, 2.45) is 4.99 Å². The van der Waals surface area contributed by atoms with Crippen LogP contribution in [0.4, 0.5) is 0 Å². The molecule has 2 saturated heterocycles. The average Bonchev–Trinajstić information content (AvgIpc) is 2.70. The summed E-state index contributed by atoms with van der Waals surface area (Å²) >= 11 is 0. The van der Waals surface area contributed by atoms with Crippen LogP contribution >= 0.6 is 0 Å². The van der Waals surface area contributed by atoms with Gasteiger partial charge in [0.15, 0.2) is 5.96 Å². The molecule has 7 nitrogen and oxygen atoms in total. The predicted octanol–water partition coefficient (Wildman–Crippen LogP) is 0.290. The third kappa shape index (κ3) is 7.78. The van der Waals surface area contributed by atoms with E-state index < -0.39 is 0 Å². The monoisotopic (exact) mass is 368 g/mol. The van der Waals surface area contributed by atoms with Gasteiger partial charge in [0.2, 0.25) is 0 Å². The van der Waals surface area contributed by atoms with E-state index in [2.05, 4.69) is 46.1 Å². The zero-order valence-corrected chi connectivity index (χ0v) is 17.2. The molecule has 0 amide bonds. The second-order valence-corrected chi connectivity index (χ2v) is 7.27. The molecule has 152 valence electrons. The number of nitrogens with one attached hydrogen (secondary N) is 2. The van der Waals surface area contributed by atoms with Crippen LogP contribution in [-0.2, 0) is 4.74 Å². The van der Waals surface area contributed by atoms with Gasteiger partial charge in [0, 0.05) is 58.4 Å². The number of nitrogens with zero attached hydrogens (tertiary/aromatic N) is 4. The zero-order valence-electron chi connectivity index (χ0n) is 17.2. The lowest BCUT2D eigenvalue weighted by atomic mass is 10.2. The van der Waals surface area contributed by atoms with Crippen LogP contribution in [0.25, 0.3) is 0 Å². The Morgan fingerprint density at radius 3 is 2.38 bits per heavy atom. The predicted molar refractivity (Wildman–Crippen MR) is 109 cm³/mol. The number of guanidine groups is 1. The summed E-state index contributed by atoms with van der Waals surface area (Å²) in [7, 11) is 0. The Bertz CT molecular complexity index is 391. The highest BCUT2D eigenvalue weighted by Gasteiger charge is 2.19. The Balaban J connectivity index is 1.66. The minimum Gasteiger partial charge on any atom is -0.379 e. The molecular weight excluding hydrogens is 328 g/mol. The van der Waals surface area contributed by atoms with Crippen LogP contribution < -0.4 is 10.6 Å². The van der Waals surface area contributed by atoms with E-state index in [-0.39, 0.29) is 0 Å². The van der Waals surface area contributed by atoms with Crippen molar-refractivity contribution in [1.82, 2.24) is 25.3 Å². The Hall–Kier alpha value is -0.890. The second kappa shape index (κ2) is 12.5. The van der Waals surface area contributed by atoms with E-state index in [9.17, 15) is 0 Å². The van der Waals surface area contributed by atoms with Gasteiger partial charge >= 0.3 is 0 Å². The molecule has 2 aliphatic rings. The molecule has 0 aromatic heterocycles. The number of ether oxygens (including phenoxy) is 1. The highest BCUT2D eigenvalue weighted by molar-refractivity contribution is 5.79. The molecule has 0 radical (unpaired) electrons. The maximum absolute atomic E-state index is 5.40. The molecule has 2 rings (SSSR count). The molecule has 2 N–H and O–H groups in total. The number of aliphatic imine (C=N–C) groups is 1. The van der Waals surface area contributed by atoms with Gasteiger partial charge in [-0.2, -0.15) is 0 Å². The summed E-state index contributed by atoms with van der Waals surface area (Å²) in [6.45, 7) is 20.3. The summed E-state index contributed by atoms with van der Waals surface area (Å²) in [5.41, 5.74) is 0. The second-order valence-electron chi connectivity index (χ2n) is 7.27. The minimum atomic E-state index is 0.498. The molecule has 0 spiro atoms. The van der Waals surface area contributed by atoms with Gasteiger partial charge < -0.3 is 20.3 Å². The summed E-state index contributed by atoms with van der Waals surface area (Å²) in [5.74, 6) is 0.952. The van der Waals surface area contributed by atoms with Crippen molar-refractivity contribution in [2.45, 2.75) is 33.2 Å². The van der Waals surface area contributed by atoms with Crippen molar-refractivity contribution in [3.05, 3.63) is 0 Å². The smallest absolute Gasteiger partial charge is 0.191 e. The molecule has 0 aliphatic carbocycles. The molecule has 2 heterocycles. The molecule has 0 aromatic rings. The fraction of sp³-hybridized carbons (Fsp3) is 0.947. The van der Waals surface area contributed by atoms with Gasteiger partial charge in [-0.05, 0) is 33.4 Å². The standard InChI is InChI=1S/C19H40N6O/c1-4-20-19(21-7-6-8-24-13-15-26-16-14-24)22-17-18(3)25-11-9-23(5-2)10-12-25/h18H,4-17H2,1-3H3,(H2,20,21,22). The van der Waals surface area contributed by atoms with Gasteiger partial charge in [0.1, 0.15) is 0 Å². The first kappa shape index (κ1) is 21.4. The fourth-order valence-electron chi connectivity index (χ4n) is 3.54. The summed E-state index contributed by atoms with van der Waals surface area (Å²) in [4.78, 5) is 12.4. The zero-order chi connectivity index (χ0) is 18.6. The molecule has 26 heavy (non-hydrogen) atoms. The van der Waals surface area contributed by atoms with E-state index in [1.165, 1.54) is 19.6 Å². The normalized spacial score (nSPS) is 22.3. The molecule has 0 aromatic carbocycles. The number of hydrogen-bond donors (Lipinski definition) is 2. The Kier molecular flexibility index (Phi) is 10.3. The fourth-order valence-corrected chi connectivity index (χ4v) is 3.54. The van der Waals surface area contributed by atoms with E-state index in [0.717, 1.165) is 78.0 Å². The number of hydrogen-bond acceptors (Lipinski definition) is 5.